The Balaban J connectivity index is 2.55. The Morgan fingerprint density at radius 3 is 2.91 bits per heavy atom. The van der Waals surface area contributed by atoms with E-state index in [2.05, 4.69) is 0 Å². The summed E-state index contributed by atoms with van der Waals surface area (Å²) in [6.07, 6.45) is 4.80. The van der Waals surface area contributed by atoms with Crippen molar-refractivity contribution in [2.45, 2.75) is 39.2 Å². The lowest BCUT2D eigenvalue weighted by molar-refractivity contribution is -0.147. The van der Waals surface area contributed by atoms with Gasteiger partial charge >= 0.3 is 5.97 Å². The third-order valence-electron chi connectivity index (χ3n) is 2.08. The molecule has 1 heterocycles. The van der Waals surface area contributed by atoms with Gasteiger partial charge in [-0.05, 0) is 26.2 Å². The maximum atomic E-state index is 11.1. The summed E-state index contributed by atoms with van der Waals surface area (Å²) in [5, 5.41) is 0. The molecule has 0 aromatic rings. The van der Waals surface area contributed by atoms with Crippen molar-refractivity contribution < 1.29 is 9.53 Å². The van der Waals surface area contributed by atoms with Gasteiger partial charge in [0.15, 0.2) is 0 Å². The van der Waals surface area contributed by atoms with Crippen molar-refractivity contribution >= 4 is 5.97 Å². The minimum absolute atomic E-state index is 0.120. The largest absolute Gasteiger partial charge is 0.459 e. The zero-order valence-electron chi connectivity index (χ0n) is 7.09. The van der Waals surface area contributed by atoms with E-state index in [1.54, 1.807) is 0 Å². The number of cyclic esters (lactones) is 1. The summed E-state index contributed by atoms with van der Waals surface area (Å²) >= 11 is 0. The minimum atomic E-state index is -0.120. The average molecular weight is 154 g/mol. The lowest BCUT2D eigenvalue weighted by Gasteiger charge is -2.22. The van der Waals surface area contributed by atoms with Crippen LogP contribution in [0, 0.1) is 0 Å². The number of ether oxygens (including phenoxy) is 1. The predicted octanol–water partition coefficient (Wildman–Crippen LogP) is 2.05. The number of esters is 1. The summed E-state index contributed by atoms with van der Waals surface area (Å²) in [6, 6.07) is 0. The van der Waals surface area contributed by atoms with Gasteiger partial charge in [-0.1, -0.05) is 13.0 Å². The molecule has 0 saturated carbocycles. The van der Waals surface area contributed by atoms with Crippen LogP contribution in [0.25, 0.3) is 0 Å². The van der Waals surface area contributed by atoms with Crippen molar-refractivity contribution in [2.24, 2.45) is 0 Å². The third kappa shape index (κ3) is 1.82. The van der Waals surface area contributed by atoms with Crippen LogP contribution in [0.1, 0.15) is 33.1 Å². The quantitative estimate of drug-likeness (QED) is 0.427. The fourth-order valence-electron chi connectivity index (χ4n) is 1.25. The third-order valence-corrected chi connectivity index (χ3v) is 2.08. The van der Waals surface area contributed by atoms with E-state index in [1.165, 1.54) is 0 Å². The van der Waals surface area contributed by atoms with Crippen LogP contribution in [0.3, 0.4) is 0 Å². The van der Waals surface area contributed by atoms with Gasteiger partial charge in [-0.3, -0.25) is 0 Å². The maximum absolute atomic E-state index is 11.1. The first-order valence-electron chi connectivity index (χ1n) is 4.14. The van der Waals surface area contributed by atoms with Crippen molar-refractivity contribution in [3.8, 4) is 0 Å². The molecule has 62 valence electrons. The summed E-state index contributed by atoms with van der Waals surface area (Å²) in [4.78, 5) is 11.1. The molecule has 1 aliphatic rings. The number of hydrogen-bond donors (Lipinski definition) is 0. The highest BCUT2D eigenvalue weighted by Gasteiger charge is 2.22. The zero-order valence-corrected chi connectivity index (χ0v) is 7.09. The van der Waals surface area contributed by atoms with Gasteiger partial charge in [0, 0.05) is 5.57 Å². The van der Waals surface area contributed by atoms with Gasteiger partial charge in [-0.15, -0.1) is 0 Å². The number of carbonyl (C=O) groups is 1. The van der Waals surface area contributed by atoms with Crippen molar-refractivity contribution in [2.75, 3.05) is 0 Å². The van der Waals surface area contributed by atoms with E-state index in [-0.39, 0.29) is 12.1 Å². The van der Waals surface area contributed by atoms with Crippen molar-refractivity contribution in [3.05, 3.63) is 11.6 Å². The zero-order chi connectivity index (χ0) is 8.27. The monoisotopic (exact) mass is 154 g/mol. The Hall–Kier alpha value is -0.790. The minimum Gasteiger partial charge on any atom is -0.459 e. The van der Waals surface area contributed by atoms with Crippen LogP contribution in [0.4, 0.5) is 0 Å². The summed E-state index contributed by atoms with van der Waals surface area (Å²) in [5.41, 5.74) is 0.828. The number of rotatable bonds is 1. The van der Waals surface area contributed by atoms with Crippen LogP contribution >= 0.6 is 0 Å². The molecule has 0 amide bonds. The molecule has 1 atom stereocenters. The van der Waals surface area contributed by atoms with Crippen molar-refractivity contribution in [1.29, 1.82) is 0 Å². The summed E-state index contributed by atoms with van der Waals surface area (Å²) < 4.78 is 5.13. The molecule has 0 aromatic heterocycles. The van der Waals surface area contributed by atoms with Gasteiger partial charge in [0.05, 0.1) is 0 Å². The Morgan fingerprint density at radius 2 is 2.45 bits per heavy atom. The van der Waals surface area contributed by atoms with E-state index < -0.39 is 0 Å². The van der Waals surface area contributed by atoms with Crippen LogP contribution in [0.2, 0.25) is 0 Å². The van der Waals surface area contributed by atoms with Gasteiger partial charge in [0.2, 0.25) is 0 Å². The molecule has 1 fully saturated rings. The standard InChI is InChI=1S/C9H14O2/c1-3-7-5-6-8(4-2)11-9(7)10/h3,8H,4-6H2,1-2H3. The second-order valence-corrected chi connectivity index (χ2v) is 2.79. The van der Waals surface area contributed by atoms with E-state index in [1.807, 2.05) is 19.9 Å². The Bertz CT molecular complexity index is 182. The molecular weight excluding hydrogens is 140 g/mol. The number of carbonyl (C=O) groups excluding carboxylic acids is 1. The molecule has 2 heteroatoms. The van der Waals surface area contributed by atoms with Crippen molar-refractivity contribution in [1.82, 2.24) is 0 Å². The topological polar surface area (TPSA) is 26.3 Å². The molecule has 0 bridgehead atoms. The summed E-state index contributed by atoms with van der Waals surface area (Å²) in [6.45, 7) is 3.92. The lowest BCUT2D eigenvalue weighted by Crippen LogP contribution is -2.24. The highest BCUT2D eigenvalue weighted by molar-refractivity contribution is 5.89. The molecule has 0 N–H and O–H groups in total. The molecule has 1 aliphatic heterocycles. The Kier molecular flexibility index (Phi) is 2.69. The molecule has 0 aliphatic carbocycles. The first-order valence-corrected chi connectivity index (χ1v) is 4.14. The van der Waals surface area contributed by atoms with Crippen LogP contribution in [0.15, 0.2) is 11.6 Å². The number of hydrogen-bond acceptors (Lipinski definition) is 2. The van der Waals surface area contributed by atoms with Crippen LogP contribution in [-0.2, 0) is 9.53 Å². The molecular formula is C9H14O2. The molecule has 1 unspecified atom stereocenters. The lowest BCUT2D eigenvalue weighted by atomic mass is 10.0. The molecule has 2 nitrogen and oxygen atoms in total. The fraction of sp³-hybridized carbons (Fsp3) is 0.667. The first kappa shape index (κ1) is 8.31. The first-order chi connectivity index (χ1) is 5.27. The van der Waals surface area contributed by atoms with Crippen LogP contribution in [-0.4, -0.2) is 12.1 Å². The van der Waals surface area contributed by atoms with Gasteiger partial charge < -0.3 is 4.74 Å². The Labute approximate surface area is 67.2 Å². The summed E-state index contributed by atoms with van der Waals surface area (Å²) in [7, 11) is 0. The normalized spacial score (nSPS) is 28.7. The second kappa shape index (κ2) is 3.56. The molecule has 0 radical (unpaired) electrons. The van der Waals surface area contributed by atoms with E-state index >= 15 is 0 Å². The van der Waals surface area contributed by atoms with Crippen LogP contribution < -0.4 is 0 Å². The van der Waals surface area contributed by atoms with E-state index in [0.29, 0.717) is 0 Å². The number of allylic oxidation sites excluding steroid dienone is 1. The van der Waals surface area contributed by atoms with Crippen molar-refractivity contribution in [3.63, 3.8) is 0 Å². The molecule has 1 rings (SSSR count). The molecule has 11 heavy (non-hydrogen) atoms. The van der Waals surface area contributed by atoms with E-state index in [9.17, 15) is 4.79 Å². The molecule has 1 saturated heterocycles. The SMILES string of the molecule is CC=C1CCC(CC)OC1=O. The summed E-state index contributed by atoms with van der Waals surface area (Å²) in [5.74, 6) is -0.120. The highest BCUT2D eigenvalue weighted by atomic mass is 16.5. The highest BCUT2D eigenvalue weighted by Crippen LogP contribution is 2.20. The Morgan fingerprint density at radius 1 is 1.73 bits per heavy atom. The fourth-order valence-corrected chi connectivity index (χ4v) is 1.25. The molecule has 0 spiro atoms. The van der Waals surface area contributed by atoms with Gasteiger partial charge in [-0.25, -0.2) is 4.79 Å². The average Bonchev–Trinajstić information content (AvgIpc) is 2.04. The maximum Gasteiger partial charge on any atom is 0.333 e. The molecule has 0 aromatic carbocycles. The second-order valence-electron chi connectivity index (χ2n) is 2.79. The van der Waals surface area contributed by atoms with Gasteiger partial charge in [-0.2, -0.15) is 0 Å². The van der Waals surface area contributed by atoms with Gasteiger partial charge in [0.25, 0.3) is 0 Å². The van der Waals surface area contributed by atoms with Crippen LogP contribution in [0.5, 0.6) is 0 Å². The van der Waals surface area contributed by atoms with Gasteiger partial charge in [0.1, 0.15) is 6.10 Å². The van der Waals surface area contributed by atoms with E-state index in [0.717, 1.165) is 24.8 Å². The van der Waals surface area contributed by atoms with E-state index in [4.69, 9.17) is 4.74 Å². The smallest absolute Gasteiger partial charge is 0.333 e. The predicted molar refractivity (Wildman–Crippen MR) is 43.2 cm³/mol.